The van der Waals surface area contributed by atoms with E-state index in [4.69, 9.17) is 4.74 Å². The van der Waals surface area contributed by atoms with Crippen LogP contribution in [0.5, 0.6) is 0 Å². The van der Waals surface area contributed by atoms with Crippen LogP contribution in [0, 0.1) is 12.8 Å². The Labute approximate surface area is 186 Å². The average molecular weight is 412 g/mol. The molecule has 31 heavy (non-hydrogen) atoms. The molecule has 4 atom stereocenters. The number of hydrogen-bond donors (Lipinski definition) is 0. The predicted octanol–water partition coefficient (Wildman–Crippen LogP) is 6.37. The summed E-state index contributed by atoms with van der Waals surface area (Å²) in [4.78, 5) is 2.64. The van der Waals surface area contributed by atoms with E-state index in [1.54, 1.807) is 0 Å². The van der Waals surface area contributed by atoms with E-state index in [9.17, 15) is 0 Å². The van der Waals surface area contributed by atoms with Crippen molar-refractivity contribution in [2.45, 2.75) is 50.3 Å². The van der Waals surface area contributed by atoms with Crippen LogP contribution in [0.3, 0.4) is 0 Å². The second kappa shape index (κ2) is 8.98. The Morgan fingerprint density at radius 2 is 1.45 bits per heavy atom. The summed E-state index contributed by atoms with van der Waals surface area (Å²) in [5, 5.41) is 0. The van der Waals surface area contributed by atoms with Gasteiger partial charge >= 0.3 is 0 Å². The normalized spacial score (nSPS) is 25.8. The van der Waals surface area contributed by atoms with Crippen LogP contribution in [0.15, 0.2) is 84.9 Å². The molecule has 2 aliphatic rings. The van der Waals surface area contributed by atoms with Crippen molar-refractivity contribution in [3.63, 3.8) is 0 Å². The van der Waals surface area contributed by atoms with Crippen LogP contribution < -0.4 is 0 Å². The van der Waals surface area contributed by atoms with Crippen LogP contribution in [0.1, 0.15) is 53.5 Å². The number of aryl methyl sites for hydroxylation is 1. The van der Waals surface area contributed by atoms with Crippen LogP contribution in [0.25, 0.3) is 0 Å². The molecule has 0 radical (unpaired) electrons. The second-order valence-corrected chi connectivity index (χ2v) is 9.42. The van der Waals surface area contributed by atoms with Gasteiger partial charge in [0.15, 0.2) is 0 Å². The fourth-order valence-corrected chi connectivity index (χ4v) is 5.85. The molecule has 2 fully saturated rings. The third kappa shape index (κ3) is 4.20. The van der Waals surface area contributed by atoms with Crippen molar-refractivity contribution in [2.24, 2.45) is 5.92 Å². The minimum atomic E-state index is -0.0227. The summed E-state index contributed by atoms with van der Waals surface area (Å²) in [7, 11) is 2.33. The summed E-state index contributed by atoms with van der Waals surface area (Å²) in [5.74, 6) is 1.09. The first-order valence-electron chi connectivity index (χ1n) is 11.7. The maximum atomic E-state index is 6.80. The molecule has 3 aromatic rings. The summed E-state index contributed by atoms with van der Waals surface area (Å²) in [6.07, 6.45) is 3.83. The third-order valence-electron chi connectivity index (χ3n) is 7.60. The first kappa shape index (κ1) is 20.5. The quantitative estimate of drug-likeness (QED) is 0.467. The lowest BCUT2D eigenvalue weighted by molar-refractivity contribution is -0.00336. The van der Waals surface area contributed by atoms with E-state index in [-0.39, 0.29) is 6.10 Å². The molecule has 2 bridgehead atoms. The SMILES string of the molecule is Cc1ccc(C2C[C@H]3CC[C@@H]([C@H]2COC(c2ccccc2)c2ccccc2)N3C)cc1. The molecule has 2 heteroatoms. The zero-order valence-electron chi connectivity index (χ0n) is 18.7. The van der Waals surface area contributed by atoms with E-state index in [1.165, 1.54) is 41.5 Å². The van der Waals surface area contributed by atoms with Gasteiger partial charge in [0.2, 0.25) is 0 Å². The van der Waals surface area contributed by atoms with Gasteiger partial charge in [-0.05, 0) is 55.8 Å². The summed E-state index contributed by atoms with van der Waals surface area (Å²) in [6, 6.07) is 31.9. The maximum absolute atomic E-state index is 6.80. The molecule has 2 nitrogen and oxygen atoms in total. The zero-order valence-corrected chi connectivity index (χ0v) is 18.7. The number of hydrogen-bond acceptors (Lipinski definition) is 2. The van der Waals surface area contributed by atoms with Gasteiger partial charge in [0.05, 0.1) is 6.61 Å². The highest BCUT2D eigenvalue weighted by molar-refractivity contribution is 5.30. The van der Waals surface area contributed by atoms with Crippen molar-refractivity contribution < 1.29 is 4.74 Å². The van der Waals surface area contributed by atoms with Gasteiger partial charge in [0.25, 0.3) is 0 Å². The lowest BCUT2D eigenvalue weighted by Gasteiger charge is -2.43. The van der Waals surface area contributed by atoms with Gasteiger partial charge in [0.1, 0.15) is 6.10 Å². The molecule has 0 aromatic heterocycles. The van der Waals surface area contributed by atoms with Gasteiger partial charge in [-0.1, -0.05) is 90.5 Å². The number of benzene rings is 3. The highest BCUT2D eigenvalue weighted by Gasteiger charge is 2.46. The molecule has 3 aromatic carbocycles. The first-order valence-corrected chi connectivity index (χ1v) is 11.7. The molecule has 0 amide bonds. The standard InChI is InChI=1S/C29H33NO/c1-21-13-15-22(16-14-21)26-19-25-17-18-28(30(25)2)27(26)20-31-29(23-9-5-3-6-10-23)24-11-7-4-8-12-24/h3-16,25-29H,17-20H2,1-2H3/t25-,26?,27+,28+/m1/s1. The maximum Gasteiger partial charge on any atom is 0.108 e. The van der Waals surface area contributed by atoms with Crippen molar-refractivity contribution in [3.8, 4) is 0 Å². The smallest absolute Gasteiger partial charge is 0.108 e. The van der Waals surface area contributed by atoms with Gasteiger partial charge in [-0.2, -0.15) is 0 Å². The second-order valence-electron chi connectivity index (χ2n) is 9.42. The Balaban J connectivity index is 1.43. The van der Waals surface area contributed by atoms with E-state index < -0.39 is 0 Å². The van der Waals surface area contributed by atoms with Crippen molar-refractivity contribution in [2.75, 3.05) is 13.7 Å². The molecule has 0 aliphatic carbocycles. The van der Waals surface area contributed by atoms with Crippen molar-refractivity contribution in [1.29, 1.82) is 0 Å². The fourth-order valence-electron chi connectivity index (χ4n) is 5.85. The highest BCUT2D eigenvalue weighted by atomic mass is 16.5. The molecule has 0 saturated carbocycles. The third-order valence-corrected chi connectivity index (χ3v) is 7.60. The lowest BCUT2D eigenvalue weighted by atomic mass is 9.76. The minimum Gasteiger partial charge on any atom is -0.368 e. The van der Waals surface area contributed by atoms with Crippen LogP contribution in [0.4, 0.5) is 0 Å². The Bertz CT molecular complexity index is 929. The molecule has 0 spiro atoms. The Hall–Kier alpha value is -2.42. The summed E-state index contributed by atoms with van der Waals surface area (Å²) >= 11 is 0. The monoisotopic (exact) mass is 411 g/mol. The van der Waals surface area contributed by atoms with Crippen molar-refractivity contribution >= 4 is 0 Å². The largest absolute Gasteiger partial charge is 0.368 e. The summed E-state index contributed by atoms with van der Waals surface area (Å²) in [6.45, 7) is 2.96. The summed E-state index contributed by atoms with van der Waals surface area (Å²) < 4.78 is 6.80. The van der Waals surface area contributed by atoms with Crippen LogP contribution in [-0.4, -0.2) is 30.6 Å². The average Bonchev–Trinajstić information content (AvgIpc) is 3.05. The van der Waals surface area contributed by atoms with E-state index >= 15 is 0 Å². The number of rotatable bonds is 6. The van der Waals surface area contributed by atoms with Crippen LogP contribution >= 0.6 is 0 Å². The highest BCUT2D eigenvalue weighted by Crippen LogP contribution is 2.47. The number of ether oxygens (including phenoxy) is 1. The van der Waals surface area contributed by atoms with Crippen LogP contribution in [0.2, 0.25) is 0 Å². The van der Waals surface area contributed by atoms with Crippen LogP contribution in [-0.2, 0) is 4.74 Å². The molecule has 2 aliphatic heterocycles. The van der Waals surface area contributed by atoms with Crippen molar-refractivity contribution in [1.82, 2.24) is 4.90 Å². The molecular weight excluding hydrogens is 378 g/mol. The minimum absolute atomic E-state index is 0.0227. The Morgan fingerprint density at radius 1 is 0.839 bits per heavy atom. The lowest BCUT2D eigenvalue weighted by Crippen LogP contribution is -2.47. The van der Waals surface area contributed by atoms with Crippen molar-refractivity contribution in [3.05, 3.63) is 107 Å². The van der Waals surface area contributed by atoms with Gasteiger partial charge in [-0.25, -0.2) is 0 Å². The zero-order chi connectivity index (χ0) is 21.2. The topological polar surface area (TPSA) is 12.5 Å². The summed E-state index contributed by atoms with van der Waals surface area (Å²) in [5.41, 5.74) is 5.28. The molecule has 160 valence electrons. The van der Waals surface area contributed by atoms with Gasteiger partial charge < -0.3 is 9.64 Å². The Kier molecular flexibility index (Phi) is 5.93. The van der Waals surface area contributed by atoms with Gasteiger partial charge in [0, 0.05) is 18.0 Å². The van der Waals surface area contributed by atoms with E-state index in [0.29, 0.717) is 23.9 Å². The number of nitrogens with zero attached hydrogens (tertiary/aromatic N) is 1. The van der Waals surface area contributed by atoms with E-state index in [2.05, 4.69) is 104 Å². The molecule has 1 unspecified atom stereocenters. The Morgan fingerprint density at radius 3 is 2.06 bits per heavy atom. The molecular formula is C29H33NO. The van der Waals surface area contributed by atoms with E-state index in [0.717, 1.165) is 6.61 Å². The number of fused-ring (bicyclic) bond motifs is 2. The molecule has 2 heterocycles. The van der Waals surface area contributed by atoms with Gasteiger partial charge in [-0.3, -0.25) is 0 Å². The first-order chi connectivity index (χ1) is 15.2. The molecule has 2 saturated heterocycles. The molecule has 5 rings (SSSR count). The van der Waals surface area contributed by atoms with Gasteiger partial charge in [-0.15, -0.1) is 0 Å². The number of piperidine rings is 1. The predicted molar refractivity (Wildman–Crippen MR) is 127 cm³/mol. The van der Waals surface area contributed by atoms with E-state index in [1.807, 2.05) is 0 Å². The fraction of sp³-hybridized carbons (Fsp3) is 0.379. The molecule has 0 N–H and O–H groups in total.